The lowest BCUT2D eigenvalue weighted by Gasteiger charge is -2.16. The van der Waals surface area contributed by atoms with E-state index in [0.29, 0.717) is 19.1 Å². The number of amides is 1. The van der Waals surface area contributed by atoms with Crippen LogP contribution in [0.25, 0.3) is 0 Å². The molecule has 2 unspecified atom stereocenters. The second-order valence-corrected chi connectivity index (χ2v) is 6.80. The molecule has 0 saturated carbocycles. The Bertz CT molecular complexity index is 503. The highest BCUT2D eigenvalue weighted by atomic mass is 16.5. The topological polar surface area (TPSA) is 50.8 Å². The molecule has 5 nitrogen and oxygen atoms in total. The third-order valence-electron chi connectivity index (χ3n) is 4.82. The Morgan fingerprint density at radius 1 is 1.29 bits per heavy atom. The van der Waals surface area contributed by atoms with Gasteiger partial charge >= 0.3 is 0 Å². The fourth-order valence-electron chi connectivity index (χ4n) is 3.39. The molecule has 1 aromatic carbocycles. The largest absolute Gasteiger partial charge is 0.381 e. The zero-order valence-electron chi connectivity index (χ0n) is 14.3. The number of hydrogen-bond donors (Lipinski definition) is 1. The highest BCUT2D eigenvalue weighted by Crippen LogP contribution is 2.18. The van der Waals surface area contributed by atoms with E-state index in [2.05, 4.69) is 34.5 Å². The van der Waals surface area contributed by atoms with E-state index in [1.165, 1.54) is 5.56 Å². The van der Waals surface area contributed by atoms with Crippen molar-refractivity contribution in [3.8, 4) is 0 Å². The van der Waals surface area contributed by atoms with Crippen molar-refractivity contribution in [2.24, 2.45) is 11.8 Å². The predicted molar refractivity (Wildman–Crippen MR) is 92.6 cm³/mol. The molecule has 0 aromatic heterocycles. The van der Waals surface area contributed by atoms with Crippen molar-refractivity contribution in [1.82, 2.24) is 10.2 Å². The molecule has 2 heterocycles. The first-order chi connectivity index (χ1) is 11.8. The molecule has 2 aliphatic rings. The van der Waals surface area contributed by atoms with Gasteiger partial charge < -0.3 is 14.8 Å². The van der Waals surface area contributed by atoms with Crippen molar-refractivity contribution < 1.29 is 14.3 Å². The molecule has 2 atom stereocenters. The van der Waals surface area contributed by atoms with Crippen LogP contribution in [-0.4, -0.2) is 56.9 Å². The molecular formula is C19H28N2O3. The number of nitrogens with zero attached hydrogens (tertiary/aromatic N) is 1. The standard InChI is InChI=1S/C19H28N2O3/c22-19(20-8-11-24-15-17-7-10-23-14-17)18-6-9-21(13-18)12-16-4-2-1-3-5-16/h1-5,17-18H,6-15H2,(H,20,22). The lowest BCUT2D eigenvalue weighted by molar-refractivity contribution is -0.124. The van der Waals surface area contributed by atoms with Crippen LogP contribution in [0.5, 0.6) is 0 Å². The SMILES string of the molecule is O=C(NCCOCC1CCOC1)C1CCN(Cc2ccccc2)C1. The van der Waals surface area contributed by atoms with E-state index < -0.39 is 0 Å². The second kappa shape index (κ2) is 9.16. The minimum absolute atomic E-state index is 0.108. The summed E-state index contributed by atoms with van der Waals surface area (Å²) >= 11 is 0. The number of carbonyl (C=O) groups excluding carboxylic acids is 1. The van der Waals surface area contributed by atoms with Gasteiger partial charge in [0, 0.05) is 32.2 Å². The van der Waals surface area contributed by atoms with Crippen molar-refractivity contribution in [3.63, 3.8) is 0 Å². The van der Waals surface area contributed by atoms with Gasteiger partial charge in [0.25, 0.3) is 0 Å². The summed E-state index contributed by atoms with van der Waals surface area (Å²) in [6, 6.07) is 10.4. The van der Waals surface area contributed by atoms with Crippen molar-refractivity contribution >= 4 is 5.91 Å². The smallest absolute Gasteiger partial charge is 0.224 e. The highest BCUT2D eigenvalue weighted by molar-refractivity contribution is 5.79. The zero-order chi connectivity index (χ0) is 16.6. The first kappa shape index (κ1) is 17.4. The summed E-state index contributed by atoms with van der Waals surface area (Å²) in [4.78, 5) is 14.6. The Morgan fingerprint density at radius 2 is 2.17 bits per heavy atom. The summed E-state index contributed by atoms with van der Waals surface area (Å²) in [5, 5.41) is 3.01. The molecule has 1 aromatic rings. The summed E-state index contributed by atoms with van der Waals surface area (Å²) in [6.07, 6.45) is 2.03. The summed E-state index contributed by atoms with van der Waals surface area (Å²) in [6.45, 7) is 6.36. The first-order valence-corrected chi connectivity index (χ1v) is 9.01. The molecule has 0 radical (unpaired) electrons. The number of hydrogen-bond acceptors (Lipinski definition) is 4. The monoisotopic (exact) mass is 332 g/mol. The van der Waals surface area contributed by atoms with Gasteiger partial charge in [0.2, 0.25) is 5.91 Å². The molecule has 24 heavy (non-hydrogen) atoms. The Hall–Kier alpha value is -1.43. The third-order valence-corrected chi connectivity index (χ3v) is 4.82. The molecule has 0 aliphatic carbocycles. The first-order valence-electron chi connectivity index (χ1n) is 9.01. The van der Waals surface area contributed by atoms with E-state index in [1.54, 1.807) is 0 Å². The predicted octanol–water partition coefficient (Wildman–Crippen LogP) is 1.68. The number of benzene rings is 1. The fraction of sp³-hybridized carbons (Fsp3) is 0.632. The maximum Gasteiger partial charge on any atom is 0.224 e. The van der Waals surface area contributed by atoms with Gasteiger partial charge in [-0.3, -0.25) is 9.69 Å². The normalized spacial score (nSPS) is 24.3. The molecule has 0 spiro atoms. The van der Waals surface area contributed by atoms with Crippen LogP contribution in [0.4, 0.5) is 0 Å². The van der Waals surface area contributed by atoms with E-state index in [-0.39, 0.29) is 11.8 Å². The Kier molecular flexibility index (Phi) is 6.64. The minimum Gasteiger partial charge on any atom is -0.381 e. The maximum atomic E-state index is 12.2. The molecular weight excluding hydrogens is 304 g/mol. The quantitative estimate of drug-likeness (QED) is 0.736. The van der Waals surface area contributed by atoms with Gasteiger partial charge in [-0.15, -0.1) is 0 Å². The lowest BCUT2D eigenvalue weighted by atomic mass is 10.1. The average Bonchev–Trinajstić information content (AvgIpc) is 3.27. The Labute approximate surface area is 144 Å². The number of carbonyl (C=O) groups is 1. The minimum atomic E-state index is 0.108. The van der Waals surface area contributed by atoms with E-state index in [4.69, 9.17) is 9.47 Å². The number of rotatable bonds is 8. The molecule has 2 saturated heterocycles. The molecule has 2 fully saturated rings. The Balaban J connectivity index is 1.28. The average molecular weight is 332 g/mol. The van der Waals surface area contributed by atoms with Crippen molar-refractivity contribution in [1.29, 1.82) is 0 Å². The van der Waals surface area contributed by atoms with Crippen LogP contribution in [0.1, 0.15) is 18.4 Å². The van der Waals surface area contributed by atoms with Gasteiger partial charge in [-0.2, -0.15) is 0 Å². The number of ether oxygens (including phenoxy) is 2. The van der Waals surface area contributed by atoms with E-state index >= 15 is 0 Å². The maximum absolute atomic E-state index is 12.2. The molecule has 0 bridgehead atoms. The number of likely N-dealkylation sites (tertiary alicyclic amines) is 1. The fourth-order valence-corrected chi connectivity index (χ4v) is 3.39. The molecule has 1 amide bonds. The number of nitrogens with one attached hydrogen (secondary N) is 1. The summed E-state index contributed by atoms with van der Waals surface area (Å²) in [7, 11) is 0. The third kappa shape index (κ3) is 5.30. The van der Waals surface area contributed by atoms with Gasteiger partial charge in [-0.1, -0.05) is 30.3 Å². The van der Waals surface area contributed by atoms with Crippen LogP contribution in [-0.2, 0) is 20.8 Å². The van der Waals surface area contributed by atoms with E-state index in [9.17, 15) is 4.79 Å². The van der Waals surface area contributed by atoms with Gasteiger partial charge in [0.15, 0.2) is 0 Å². The van der Waals surface area contributed by atoms with Crippen LogP contribution >= 0.6 is 0 Å². The molecule has 1 N–H and O–H groups in total. The van der Waals surface area contributed by atoms with Crippen LogP contribution < -0.4 is 5.32 Å². The van der Waals surface area contributed by atoms with E-state index in [1.807, 2.05) is 6.07 Å². The highest BCUT2D eigenvalue weighted by Gasteiger charge is 2.27. The van der Waals surface area contributed by atoms with Crippen molar-refractivity contribution in [2.45, 2.75) is 19.4 Å². The zero-order valence-corrected chi connectivity index (χ0v) is 14.3. The van der Waals surface area contributed by atoms with Crippen molar-refractivity contribution in [3.05, 3.63) is 35.9 Å². The Morgan fingerprint density at radius 3 is 2.96 bits per heavy atom. The van der Waals surface area contributed by atoms with Gasteiger partial charge in [0.05, 0.1) is 25.7 Å². The van der Waals surface area contributed by atoms with Crippen LogP contribution in [0, 0.1) is 11.8 Å². The molecule has 3 rings (SSSR count). The summed E-state index contributed by atoms with van der Waals surface area (Å²) in [5.41, 5.74) is 1.31. The van der Waals surface area contributed by atoms with Crippen molar-refractivity contribution in [2.75, 3.05) is 46.1 Å². The second-order valence-electron chi connectivity index (χ2n) is 6.80. The summed E-state index contributed by atoms with van der Waals surface area (Å²) < 4.78 is 10.9. The van der Waals surface area contributed by atoms with E-state index in [0.717, 1.165) is 52.3 Å². The van der Waals surface area contributed by atoms with Crippen LogP contribution in [0.2, 0.25) is 0 Å². The molecule has 132 valence electrons. The molecule has 5 heteroatoms. The van der Waals surface area contributed by atoms with Gasteiger partial charge in [0.1, 0.15) is 0 Å². The van der Waals surface area contributed by atoms with Gasteiger partial charge in [-0.05, 0) is 24.9 Å². The van der Waals surface area contributed by atoms with Crippen LogP contribution in [0.15, 0.2) is 30.3 Å². The van der Waals surface area contributed by atoms with Gasteiger partial charge in [-0.25, -0.2) is 0 Å². The lowest BCUT2D eigenvalue weighted by Crippen LogP contribution is -2.35. The summed E-state index contributed by atoms with van der Waals surface area (Å²) in [5.74, 6) is 0.803. The van der Waals surface area contributed by atoms with Crippen LogP contribution in [0.3, 0.4) is 0 Å². The molecule has 2 aliphatic heterocycles.